The summed E-state index contributed by atoms with van der Waals surface area (Å²) < 4.78 is 17.5. The standard InChI is InChI=1S/C21H27N3O5/c1-13-11-23(12-14(2)29-13)21(26)15(3)24-19(25)10-18(28-5)20(22-24)16-6-8-17(27-4)9-7-16/h6-10,13-15H,11-12H2,1-5H3/t13-,14+,15-/m0/s1. The lowest BCUT2D eigenvalue weighted by Gasteiger charge is -2.36. The molecular formula is C21H27N3O5. The second-order valence-electron chi connectivity index (χ2n) is 7.25. The molecule has 0 spiro atoms. The average Bonchev–Trinajstić information content (AvgIpc) is 2.71. The first kappa shape index (κ1) is 20.9. The molecule has 1 aromatic carbocycles. The van der Waals surface area contributed by atoms with E-state index in [1.165, 1.54) is 17.9 Å². The van der Waals surface area contributed by atoms with Gasteiger partial charge in [0.15, 0.2) is 5.75 Å². The molecular weight excluding hydrogens is 374 g/mol. The van der Waals surface area contributed by atoms with Crippen molar-refractivity contribution < 1.29 is 19.0 Å². The van der Waals surface area contributed by atoms with Crippen LogP contribution in [0.2, 0.25) is 0 Å². The highest BCUT2D eigenvalue weighted by Crippen LogP contribution is 2.28. The van der Waals surface area contributed by atoms with Gasteiger partial charge in [-0.05, 0) is 45.0 Å². The van der Waals surface area contributed by atoms with Gasteiger partial charge in [0.05, 0.1) is 26.4 Å². The highest BCUT2D eigenvalue weighted by atomic mass is 16.5. The zero-order valence-electron chi connectivity index (χ0n) is 17.4. The predicted octanol–water partition coefficient (Wildman–Crippen LogP) is 2.12. The molecule has 29 heavy (non-hydrogen) atoms. The van der Waals surface area contributed by atoms with Crippen molar-refractivity contribution >= 4 is 5.91 Å². The Morgan fingerprint density at radius 3 is 2.31 bits per heavy atom. The molecule has 3 rings (SSSR count). The third-order valence-corrected chi connectivity index (χ3v) is 4.96. The zero-order chi connectivity index (χ0) is 21.1. The number of methoxy groups -OCH3 is 2. The van der Waals surface area contributed by atoms with Gasteiger partial charge in [-0.25, -0.2) is 4.68 Å². The van der Waals surface area contributed by atoms with E-state index in [4.69, 9.17) is 14.2 Å². The van der Waals surface area contributed by atoms with Crippen LogP contribution in [0.5, 0.6) is 11.5 Å². The summed E-state index contributed by atoms with van der Waals surface area (Å²) in [6.45, 7) is 6.53. The Morgan fingerprint density at radius 2 is 1.76 bits per heavy atom. The van der Waals surface area contributed by atoms with Gasteiger partial charge in [0.2, 0.25) is 5.91 Å². The minimum Gasteiger partial charge on any atom is -0.497 e. The summed E-state index contributed by atoms with van der Waals surface area (Å²) in [6, 6.07) is 7.88. The number of carbonyl (C=O) groups excluding carboxylic acids is 1. The molecule has 8 nitrogen and oxygen atoms in total. The van der Waals surface area contributed by atoms with Crippen LogP contribution >= 0.6 is 0 Å². The monoisotopic (exact) mass is 401 g/mol. The van der Waals surface area contributed by atoms with Crippen LogP contribution in [-0.4, -0.2) is 60.1 Å². The van der Waals surface area contributed by atoms with Crippen molar-refractivity contribution in [2.24, 2.45) is 0 Å². The van der Waals surface area contributed by atoms with Gasteiger partial charge in [0.1, 0.15) is 17.5 Å². The van der Waals surface area contributed by atoms with Gasteiger partial charge in [-0.2, -0.15) is 5.10 Å². The summed E-state index contributed by atoms with van der Waals surface area (Å²) in [5.74, 6) is 0.900. The molecule has 2 aromatic rings. The summed E-state index contributed by atoms with van der Waals surface area (Å²) in [7, 11) is 3.08. The van der Waals surface area contributed by atoms with Gasteiger partial charge in [-0.3, -0.25) is 9.59 Å². The van der Waals surface area contributed by atoms with E-state index < -0.39 is 11.6 Å². The third-order valence-electron chi connectivity index (χ3n) is 4.96. The van der Waals surface area contributed by atoms with Crippen molar-refractivity contribution in [3.63, 3.8) is 0 Å². The van der Waals surface area contributed by atoms with Crippen molar-refractivity contribution in [1.29, 1.82) is 0 Å². The van der Waals surface area contributed by atoms with Crippen LogP contribution in [0.25, 0.3) is 11.3 Å². The molecule has 0 aliphatic carbocycles. The molecule has 3 atom stereocenters. The molecule has 0 N–H and O–H groups in total. The van der Waals surface area contributed by atoms with Crippen LogP contribution in [0.3, 0.4) is 0 Å². The summed E-state index contributed by atoms with van der Waals surface area (Å²) in [5.41, 5.74) is 0.845. The molecule has 2 heterocycles. The van der Waals surface area contributed by atoms with Crippen molar-refractivity contribution in [3.8, 4) is 22.8 Å². The maximum absolute atomic E-state index is 13.1. The minimum absolute atomic E-state index is 0.0506. The number of rotatable bonds is 5. The largest absolute Gasteiger partial charge is 0.497 e. The molecule has 0 bridgehead atoms. The van der Waals surface area contributed by atoms with E-state index in [9.17, 15) is 9.59 Å². The van der Waals surface area contributed by atoms with Gasteiger partial charge in [0, 0.05) is 24.7 Å². The Labute approximate surface area is 170 Å². The van der Waals surface area contributed by atoms with Crippen molar-refractivity contribution in [2.75, 3.05) is 27.3 Å². The zero-order valence-corrected chi connectivity index (χ0v) is 17.4. The average molecular weight is 401 g/mol. The quantitative estimate of drug-likeness (QED) is 0.763. The van der Waals surface area contributed by atoms with E-state index in [0.717, 1.165) is 5.56 Å². The van der Waals surface area contributed by atoms with Gasteiger partial charge in [-0.15, -0.1) is 0 Å². The fraction of sp³-hybridized carbons (Fsp3) is 0.476. The number of carbonyl (C=O) groups is 1. The van der Waals surface area contributed by atoms with Crippen LogP contribution in [0, 0.1) is 0 Å². The number of ether oxygens (including phenoxy) is 3. The smallest absolute Gasteiger partial charge is 0.271 e. The highest BCUT2D eigenvalue weighted by Gasteiger charge is 2.30. The second-order valence-corrected chi connectivity index (χ2v) is 7.25. The van der Waals surface area contributed by atoms with E-state index in [-0.39, 0.29) is 18.1 Å². The number of morpholine rings is 1. The fourth-order valence-corrected chi connectivity index (χ4v) is 3.56. The molecule has 1 aromatic heterocycles. The van der Waals surface area contributed by atoms with Crippen LogP contribution in [0.1, 0.15) is 26.8 Å². The van der Waals surface area contributed by atoms with Crippen molar-refractivity contribution in [2.45, 2.75) is 39.0 Å². The van der Waals surface area contributed by atoms with Crippen LogP contribution in [0.4, 0.5) is 0 Å². The minimum atomic E-state index is -0.747. The SMILES string of the molecule is COc1ccc(-c2nn([C@@H](C)C(=O)N3C[C@@H](C)O[C@@H](C)C3)c(=O)cc2OC)cc1. The lowest BCUT2D eigenvalue weighted by Crippen LogP contribution is -2.50. The van der Waals surface area contributed by atoms with E-state index >= 15 is 0 Å². The Hall–Kier alpha value is -2.87. The topological polar surface area (TPSA) is 82.9 Å². The maximum atomic E-state index is 13.1. The number of nitrogens with zero attached hydrogens (tertiary/aromatic N) is 3. The first-order chi connectivity index (χ1) is 13.8. The van der Waals surface area contributed by atoms with Crippen LogP contribution in [0.15, 0.2) is 35.1 Å². The molecule has 1 aliphatic rings. The van der Waals surface area contributed by atoms with Gasteiger partial charge < -0.3 is 19.1 Å². The van der Waals surface area contributed by atoms with Gasteiger partial charge >= 0.3 is 0 Å². The molecule has 0 radical (unpaired) electrons. The third kappa shape index (κ3) is 4.42. The summed E-state index contributed by atoms with van der Waals surface area (Å²) >= 11 is 0. The maximum Gasteiger partial charge on any atom is 0.271 e. The lowest BCUT2D eigenvalue weighted by atomic mass is 10.1. The Morgan fingerprint density at radius 1 is 1.14 bits per heavy atom. The number of aromatic nitrogens is 2. The molecule has 1 saturated heterocycles. The van der Waals surface area contributed by atoms with Gasteiger partial charge in [-0.1, -0.05) is 0 Å². The number of hydrogen-bond acceptors (Lipinski definition) is 6. The summed E-state index contributed by atoms with van der Waals surface area (Å²) in [4.78, 5) is 27.4. The molecule has 1 aliphatic heterocycles. The van der Waals surface area contributed by atoms with E-state index in [0.29, 0.717) is 30.3 Å². The van der Waals surface area contributed by atoms with Crippen LogP contribution < -0.4 is 15.0 Å². The van der Waals surface area contributed by atoms with E-state index in [2.05, 4.69) is 5.10 Å². The molecule has 1 fully saturated rings. The first-order valence-corrected chi connectivity index (χ1v) is 9.60. The van der Waals surface area contributed by atoms with Crippen molar-refractivity contribution in [1.82, 2.24) is 14.7 Å². The molecule has 156 valence electrons. The Kier molecular flexibility index (Phi) is 6.22. The fourth-order valence-electron chi connectivity index (χ4n) is 3.56. The lowest BCUT2D eigenvalue weighted by molar-refractivity contribution is -0.146. The molecule has 0 unspecified atom stereocenters. The second kappa shape index (κ2) is 8.65. The van der Waals surface area contributed by atoms with Crippen LogP contribution in [-0.2, 0) is 9.53 Å². The van der Waals surface area contributed by atoms with Gasteiger partial charge in [0.25, 0.3) is 5.56 Å². The summed E-state index contributed by atoms with van der Waals surface area (Å²) in [5, 5.41) is 4.48. The first-order valence-electron chi connectivity index (χ1n) is 9.60. The number of hydrogen-bond donors (Lipinski definition) is 0. The normalized spacial score (nSPS) is 20.2. The van der Waals surface area contributed by atoms with E-state index in [1.807, 2.05) is 26.0 Å². The van der Waals surface area contributed by atoms with E-state index in [1.54, 1.807) is 31.1 Å². The Balaban J connectivity index is 1.96. The number of amides is 1. The number of benzene rings is 1. The van der Waals surface area contributed by atoms with Crippen molar-refractivity contribution in [3.05, 3.63) is 40.7 Å². The Bertz CT molecular complexity index is 915. The molecule has 8 heteroatoms. The summed E-state index contributed by atoms with van der Waals surface area (Å²) in [6.07, 6.45) is -0.101. The predicted molar refractivity (Wildman–Crippen MR) is 108 cm³/mol. The molecule has 0 saturated carbocycles. The highest BCUT2D eigenvalue weighted by molar-refractivity contribution is 5.80. The molecule has 1 amide bonds.